The number of carbonyl (C=O) groups is 1. The van der Waals surface area contributed by atoms with E-state index >= 15 is 0 Å². The normalized spacial score (nSPS) is 28.5. The number of nitrogens with one attached hydrogen (secondary N) is 1. The van der Waals surface area contributed by atoms with E-state index in [1.807, 2.05) is 13.8 Å². The van der Waals surface area contributed by atoms with Crippen molar-refractivity contribution in [2.75, 3.05) is 13.2 Å². The van der Waals surface area contributed by atoms with Gasteiger partial charge in [-0.1, -0.05) is 6.92 Å². The molecule has 1 rings (SSSR count). The minimum Gasteiger partial charge on any atom is -0.394 e. The van der Waals surface area contributed by atoms with Crippen LogP contribution < -0.4 is 11.1 Å². The predicted octanol–water partition coefficient (Wildman–Crippen LogP) is 1.03. The Bertz CT molecular complexity index is 244. The molecule has 0 aromatic heterocycles. The van der Waals surface area contributed by atoms with Gasteiger partial charge in [0.05, 0.1) is 12.1 Å². The molecule has 0 radical (unpaired) electrons. The third-order valence-electron chi connectivity index (χ3n) is 4.11. The molecule has 17 heavy (non-hydrogen) atoms. The second kappa shape index (κ2) is 6.36. The number of nitrogens with two attached hydrogens (primary N) is 1. The first-order valence-electron chi connectivity index (χ1n) is 6.67. The molecule has 0 heterocycles. The zero-order valence-electron chi connectivity index (χ0n) is 11.0. The highest BCUT2D eigenvalue weighted by atomic mass is 16.3. The van der Waals surface area contributed by atoms with E-state index in [0.29, 0.717) is 5.92 Å². The van der Waals surface area contributed by atoms with Gasteiger partial charge in [-0.05, 0) is 51.5 Å². The number of aliphatic hydroxyl groups is 1. The molecule has 100 valence electrons. The zero-order chi connectivity index (χ0) is 12.9. The van der Waals surface area contributed by atoms with Gasteiger partial charge in [0.25, 0.3) is 0 Å². The number of amides is 1. The molecular formula is C13H26N2O2. The summed E-state index contributed by atoms with van der Waals surface area (Å²) in [5, 5.41) is 12.3. The fraction of sp³-hybridized carbons (Fsp3) is 0.923. The van der Waals surface area contributed by atoms with E-state index < -0.39 is 5.54 Å². The van der Waals surface area contributed by atoms with Crippen molar-refractivity contribution in [3.63, 3.8) is 0 Å². The lowest BCUT2D eigenvalue weighted by Gasteiger charge is -2.32. The third-order valence-corrected chi connectivity index (χ3v) is 4.11. The summed E-state index contributed by atoms with van der Waals surface area (Å²) < 4.78 is 0. The van der Waals surface area contributed by atoms with Gasteiger partial charge in [-0.15, -0.1) is 0 Å². The molecule has 0 aliphatic heterocycles. The molecule has 1 fully saturated rings. The largest absolute Gasteiger partial charge is 0.394 e. The van der Waals surface area contributed by atoms with Gasteiger partial charge in [-0.2, -0.15) is 0 Å². The Kier molecular flexibility index (Phi) is 5.40. The van der Waals surface area contributed by atoms with Crippen molar-refractivity contribution in [2.45, 2.75) is 51.5 Å². The van der Waals surface area contributed by atoms with Crippen molar-refractivity contribution in [3.05, 3.63) is 0 Å². The molecule has 1 atom stereocenters. The molecule has 0 saturated heterocycles. The lowest BCUT2D eigenvalue weighted by atomic mass is 9.81. The Morgan fingerprint density at radius 3 is 2.41 bits per heavy atom. The zero-order valence-corrected chi connectivity index (χ0v) is 11.0. The number of carbonyl (C=O) groups excluding carboxylic acids is 1. The maximum atomic E-state index is 12.1. The maximum absolute atomic E-state index is 12.1. The van der Waals surface area contributed by atoms with E-state index in [2.05, 4.69) is 5.32 Å². The quantitative estimate of drug-likeness (QED) is 0.674. The summed E-state index contributed by atoms with van der Waals surface area (Å²) in [6, 6.07) is 0. The van der Waals surface area contributed by atoms with Crippen LogP contribution in [0.15, 0.2) is 0 Å². The second-order valence-corrected chi connectivity index (χ2v) is 5.51. The molecule has 4 heteroatoms. The average Bonchev–Trinajstić information content (AvgIpc) is 2.38. The Morgan fingerprint density at radius 1 is 1.41 bits per heavy atom. The summed E-state index contributed by atoms with van der Waals surface area (Å²) in [4.78, 5) is 12.1. The molecule has 0 aromatic carbocycles. The van der Waals surface area contributed by atoms with E-state index in [-0.39, 0.29) is 18.4 Å². The van der Waals surface area contributed by atoms with Crippen LogP contribution in [0.3, 0.4) is 0 Å². The molecule has 4 N–H and O–H groups in total. The van der Waals surface area contributed by atoms with Crippen molar-refractivity contribution in [2.24, 2.45) is 17.6 Å². The fourth-order valence-corrected chi connectivity index (χ4v) is 2.30. The molecule has 1 amide bonds. The van der Waals surface area contributed by atoms with Gasteiger partial charge in [-0.25, -0.2) is 0 Å². The van der Waals surface area contributed by atoms with Crippen molar-refractivity contribution in [1.82, 2.24) is 5.32 Å². The molecular weight excluding hydrogens is 216 g/mol. The summed E-state index contributed by atoms with van der Waals surface area (Å²) in [7, 11) is 0. The molecule has 0 bridgehead atoms. The molecule has 1 aliphatic carbocycles. The van der Waals surface area contributed by atoms with E-state index in [4.69, 9.17) is 5.73 Å². The lowest BCUT2D eigenvalue weighted by Crippen LogP contribution is -2.50. The highest BCUT2D eigenvalue weighted by Gasteiger charge is 2.30. The van der Waals surface area contributed by atoms with Crippen LogP contribution in [0.2, 0.25) is 0 Å². The summed E-state index contributed by atoms with van der Waals surface area (Å²) in [6.45, 7) is 4.59. The van der Waals surface area contributed by atoms with E-state index in [1.54, 1.807) is 0 Å². The predicted molar refractivity (Wildman–Crippen MR) is 68.4 cm³/mol. The fourth-order valence-electron chi connectivity index (χ4n) is 2.30. The van der Waals surface area contributed by atoms with Crippen molar-refractivity contribution >= 4 is 5.91 Å². The van der Waals surface area contributed by atoms with Crippen LogP contribution in [0.4, 0.5) is 0 Å². The van der Waals surface area contributed by atoms with Gasteiger partial charge >= 0.3 is 0 Å². The number of aliphatic hydroxyl groups excluding tert-OH is 1. The van der Waals surface area contributed by atoms with Crippen LogP contribution in [0, 0.1) is 11.8 Å². The van der Waals surface area contributed by atoms with Crippen LogP contribution in [0.1, 0.15) is 46.0 Å². The Hall–Kier alpha value is -0.610. The van der Waals surface area contributed by atoms with Crippen molar-refractivity contribution in [3.8, 4) is 0 Å². The van der Waals surface area contributed by atoms with Gasteiger partial charge < -0.3 is 16.2 Å². The third kappa shape index (κ3) is 3.96. The average molecular weight is 242 g/mol. The first-order chi connectivity index (χ1) is 8.04. The van der Waals surface area contributed by atoms with Crippen LogP contribution in [0.25, 0.3) is 0 Å². The highest BCUT2D eigenvalue weighted by molar-refractivity contribution is 5.79. The molecule has 1 aliphatic rings. The summed E-state index contributed by atoms with van der Waals surface area (Å²) in [5.74, 6) is 0.795. The van der Waals surface area contributed by atoms with Crippen LogP contribution in [-0.4, -0.2) is 29.7 Å². The SMILES string of the molecule is CCC(C)(CO)NC(=O)C1CCC(CN)CC1. The summed E-state index contributed by atoms with van der Waals surface area (Å²) in [5.41, 5.74) is 5.17. The minimum atomic E-state index is -0.470. The Morgan fingerprint density at radius 2 is 2.00 bits per heavy atom. The monoisotopic (exact) mass is 242 g/mol. The minimum absolute atomic E-state index is 0.00656. The molecule has 4 nitrogen and oxygen atoms in total. The van der Waals surface area contributed by atoms with E-state index in [0.717, 1.165) is 38.6 Å². The molecule has 0 spiro atoms. The molecule has 0 aromatic rings. The first-order valence-corrected chi connectivity index (χ1v) is 6.67. The van der Waals surface area contributed by atoms with Crippen LogP contribution in [-0.2, 0) is 4.79 Å². The van der Waals surface area contributed by atoms with Crippen LogP contribution >= 0.6 is 0 Å². The number of hydrogen-bond donors (Lipinski definition) is 3. The van der Waals surface area contributed by atoms with Gasteiger partial charge in [-0.3, -0.25) is 4.79 Å². The first kappa shape index (κ1) is 14.5. The second-order valence-electron chi connectivity index (χ2n) is 5.51. The molecule has 1 unspecified atom stereocenters. The Labute approximate surface area is 104 Å². The van der Waals surface area contributed by atoms with Gasteiger partial charge in [0.1, 0.15) is 0 Å². The topological polar surface area (TPSA) is 75.3 Å². The van der Waals surface area contributed by atoms with Gasteiger partial charge in [0.2, 0.25) is 5.91 Å². The van der Waals surface area contributed by atoms with Crippen LogP contribution in [0.5, 0.6) is 0 Å². The van der Waals surface area contributed by atoms with Crippen molar-refractivity contribution < 1.29 is 9.90 Å². The smallest absolute Gasteiger partial charge is 0.223 e. The highest BCUT2D eigenvalue weighted by Crippen LogP contribution is 2.28. The maximum Gasteiger partial charge on any atom is 0.223 e. The Balaban J connectivity index is 2.44. The van der Waals surface area contributed by atoms with Gasteiger partial charge in [0, 0.05) is 5.92 Å². The number of rotatable bonds is 5. The van der Waals surface area contributed by atoms with E-state index in [1.165, 1.54) is 0 Å². The van der Waals surface area contributed by atoms with E-state index in [9.17, 15) is 9.90 Å². The van der Waals surface area contributed by atoms with Crippen molar-refractivity contribution in [1.29, 1.82) is 0 Å². The summed E-state index contributed by atoms with van der Waals surface area (Å²) >= 11 is 0. The number of hydrogen-bond acceptors (Lipinski definition) is 3. The lowest BCUT2D eigenvalue weighted by molar-refractivity contribution is -0.128. The standard InChI is InChI=1S/C13H26N2O2/c1-3-13(2,9-16)15-12(17)11-6-4-10(8-14)5-7-11/h10-11,16H,3-9,14H2,1-2H3,(H,15,17). The van der Waals surface area contributed by atoms with Gasteiger partial charge in [0.15, 0.2) is 0 Å². The summed E-state index contributed by atoms with van der Waals surface area (Å²) in [6.07, 6.45) is 4.71. The molecule has 1 saturated carbocycles.